The molecule has 0 amide bonds. The Bertz CT molecular complexity index is 443. The van der Waals surface area contributed by atoms with Gasteiger partial charge in [0.15, 0.2) is 0 Å². The number of aliphatic carboxylic acids is 1. The van der Waals surface area contributed by atoms with Gasteiger partial charge < -0.3 is 5.11 Å². The number of aryl methyl sites for hydroxylation is 1. The second-order valence-corrected chi connectivity index (χ2v) is 5.19. The first-order chi connectivity index (χ1) is 8.65. The van der Waals surface area contributed by atoms with Crippen molar-refractivity contribution in [2.45, 2.75) is 39.0 Å². The Balaban J connectivity index is 2.10. The molecule has 0 saturated heterocycles. The molecule has 96 valence electrons. The molecule has 0 spiro atoms. The molecule has 1 atom stereocenters. The molecule has 0 bridgehead atoms. The zero-order chi connectivity index (χ0) is 13.0. The second kappa shape index (κ2) is 5.85. The van der Waals surface area contributed by atoms with Gasteiger partial charge >= 0.3 is 5.97 Å². The Kier molecular flexibility index (Phi) is 4.19. The molecule has 18 heavy (non-hydrogen) atoms. The average molecular weight is 244 g/mol. The normalized spacial score (nSPS) is 22.1. The van der Waals surface area contributed by atoms with Crippen LogP contribution < -0.4 is 0 Å². The van der Waals surface area contributed by atoms with Crippen molar-refractivity contribution in [1.82, 2.24) is 0 Å². The van der Waals surface area contributed by atoms with Crippen LogP contribution in [0.3, 0.4) is 0 Å². The number of carboxylic acid groups (broad SMARTS) is 1. The monoisotopic (exact) mass is 244 g/mol. The highest BCUT2D eigenvalue weighted by Crippen LogP contribution is 2.32. The average Bonchev–Trinajstić information content (AvgIpc) is 2.34. The number of benzene rings is 1. The zero-order valence-corrected chi connectivity index (χ0v) is 10.9. The van der Waals surface area contributed by atoms with Crippen LogP contribution >= 0.6 is 0 Å². The standard InChI is InChI=1S/C16H20O2/c1-12-6-8-13(9-7-12)10-14-4-2-3-5-15(14)11-16(17)18/h6-9,11,14H,2-5,10H2,1H3,(H,17,18)/b15-11+. The van der Waals surface area contributed by atoms with E-state index in [1.54, 1.807) is 0 Å². The Labute approximate surface area is 108 Å². The van der Waals surface area contributed by atoms with Crippen LogP contribution in [-0.4, -0.2) is 11.1 Å². The molecule has 1 N–H and O–H groups in total. The van der Waals surface area contributed by atoms with E-state index < -0.39 is 5.97 Å². The molecule has 2 rings (SSSR count). The molecule has 1 unspecified atom stereocenters. The largest absolute Gasteiger partial charge is 0.478 e. The van der Waals surface area contributed by atoms with Crippen molar-refractivity contribution in [3.8, 4) is 0 Å². The Morgan fingerprint density at radius 3 is 2.72 bits per heavy atom. The third-order valence-electron chi connectivity index (χ3n) is 3.70. The Hall–Kier alpha value is -1.57. The van der Waals surface area contributed by atoms with E-state index in [0.29, 0.717) is 5.92 Å². The zero-order valence-electron chi connectivity index (χ0n) is 10.9. The van der Waals surface area contributed by atoms with Gasteiger partial charge in [-0.05, 0) is 44.1 Å². The summed E-state index contributed by atoms with van der Waals surface area (Å²) < 4.78 is 0. The highest BCUT2D eigenvalue weighted by Gasteiger charge is 2.20. The van der Waals surface area contributed by atoms with Crippen LogP contribution in [0.2, 0.25) is 0 Å². The number of allylic oxidation sites excluding steroid dienone is 1. The molecule has 1 aromatic rings. The van der Waals surface area contributed by atoms with E-state index in [9.17, 15) is 4.79 Å². The van der Waals surface area contributed by atoms with Crippen molar-refractivity contribution in [2.75, 3.05) is 0 Å². The van der Waals surface area contributed by atoms with Gasteiger partial charge in [-0.2, -0.15) is 0 Å². The van der Waals surface area contributed by atoms with Gasteiger partial charge in [-0.3, -0.25) is 0 Å². The fourth-order valence-electron chi connectivity index (χ4n) is 2.70. The quantitative estimate of drug-likeness (QED) is 0.822. The fourth-order valence-corrected chi connectivity index (χ4v) is 2.70. The third-order valence-corrected chi connectivity index (χ3v) is 3.70. The second-order valence-electron chi connectivity index (χ2n) is 5.19. The van der Waals surface area contributed by atoms with Crippen LogP contribution in [0.15, 0.2) is 35.9 Å². The lowest BCUT2D eigenvalue weighted by atomic mass is 9.80. The van der Waals surface area contributed by atoms with Gasteiger partial charge in [0.25, 0.3) is 0 Å². The maximum atomic E-state index is 10.8. The highest BCUT2D eigenvalue weighted by molar-refractivity contribution is 5.80. The van der Waals surface area contributed by atoms with Gasteiger partial charge in [0.05, 0.1) is 0 Å². The summed E-state index contributed by atoms with van der Waals surface area (Å²) >= 11 is 0. The predicted octanol–water partition coefficient (Wildman–Crippen LogP) is 3.74. The molecular weight excluding hydrogens is 224 g/mol. The van der Waals surface area contributed by atoms with Crippen molar-refractivity contribution in [3.05, 3.63) is 47.0 Å². The first-order valence-corrected chi connectivity index (χ1v) is 6.64. The number of carbonyl (C=O) groups is 1. The molecule has 2 heteroatoms. The van der Waals surface area contributed by atoms with Crippen LogP contribution in [0.4, 0.5) is 0 Å². The molecule has 0 aliphatic heterocycles. The Morgan fingerprint density at radius 1 is 1.33 bits per heavy atom. The van der Waals surface area contributed by atoms with Crippen LogP contribution in [-0.2, 0) is 11.2 Å². The van der Waals surface area contributed by atoms with E-state index in [1.807, 2.05) is 0 Å². The third kappa shape index (κ3) is 3.46. The van der Waals surface area contributed by atoms with Crippen molar-refractivity contribution < 1.29 is 9.90 Å². The maximum absolute atomic E-state index is 10.8. The fraction of sp³-hybridized carbons (Fsp3) is 0.438. The van der Waals surface area contributed by atoms with Crippen LogP contribution in [0.25, 0.3) is 0 Å². The summed E-state index contributed by atoms with van der Waals surface area (Å²) in [5.41, 5.74) is 3.70. The van der Waals surface area contributed by atoms with Crippen LogP contribution in [0, 0.1) is 12.8 Å². The molecule has 0 radical (unpaired) electrons. The van der Waals surface area contributed by atoms with Gasteiger partial charge in [0.1, 0.15) is 0 Å². The molecule has 1 aliphatic rings. The Morgan fingerprint density at radius 2 is 2.06 bits per heavy atom. The van der Waals surface area contributed by atoms with Crippen LogP contribution in [0.1, 0.15) is 36.8 Å². The molecule has 0 aromatic heterocycles. The van der Waals surface area contributed by atoms with Crippen molar-refractivity contribution in [2.24, 2.45) is 5.92 Å². The molecule has 2 nitrogen and oxygen atoms in total. The van der Waals surface area contributed by atoms with Gasteiger partial charge in [-0.15, -0.1) is 0 Å². The lowest BCUT2D eigenvalue weighted by Gasteiger charge is -2.25. The molecule has 1 fully saturated rings. The van der Waals surface area contributed by atoms with E-state index in [0.717, 1.165) is 31.3 Å². The lowest BCUT2D eigenvalue weighted by Crippen LogP contribution is -2.14. The lowest BCUT2D eigenvalue weighted by molar-refractivity contribution is -0.131. The van der Waals surface area contributed by atoms with Gasteiger partial charge in [0, 0.05) is 6.08 Å². The minimum Gasteiger partial charge on any atom is -0.478 e. The molecule has 1 aromatic carbocycles. The minimum absolute atomic E-state index is 0.414. The predicted molar refractivity (Wildman–Crippen MR) is 72.6 cm³/mol. The SMILES string of the molecule is Cc1ccc(CC2CCCC/C2=C\C(=O)O)cc1. The van der Waals surface area contributed by atoms with E-state index in [-0.39, 0.29) is 0 Å². The summed E-state index contributed by atoms with van der Waals surface area (Å²) in [6.45, 7) is 2.08. The number of carboxylic acids is 1. The molecule has 1 saturated carbocycles. The number of rotatable bonds is 3. The number of hydrogen-bond donors (Lipinski definition) is 1. The van der Waals surface area contributed by atoms with Gasteiger partial charge in [0.2, 0.25) is 0 Å². The summed E-state index contributed by atoms with van der Waals surface area (Å²) in [6, 6.07) is 8.56. The summed E-state index contributed by atoms with van der Waals surface area (Å²) in [4.78, 5) is 10.8. The van der Waals surface area contributed by atoms with Crippen molar-refractivity contribution in [1.29, 1.82) is 0 Å². The van der Waals surface area contributed by atoms with E-state index in [4.69, 9.17) is 5.11 Å². The van der Waals surface area contributed by atoms with E-state index in [1.165, 1.54) is 23.6 Å². The summed E-state index contributed by atoms with van der Waals surface area (Å²) in [6.07, 6.45) is 6.81. The highest BCUT2D eigenvalue weighted by atomic mass is 16.4. The van der Waals surface area contributed by atoms with Gasteiger partial charge in [-0.1, -0.05) is 41.8 Å². The molecular formula is C16H20O2. The van der Waals surface area contributed by atoms with Gasteiger partial charge in [-0.25, -0.2) is 4.79 Å². The van der Waals surface area contributed by atoms with E-state index >= 15 is 0 Å². The molecule has 1 aliphatic carbocycles. The number of hydrogen-bond acceptors (Lipinski definition) is 1. The maximum Gasteiger partial charge on any atom is 0.328 e. The topological polar surface area (TPSA) is 37.3 Å². The van der Waals surface area contributed by atoms with Crippen molar-refractivity contribution >= 4 is 5.97 Å². The first kappa shape index (κ1) is 12.9. The first-order valence-electron chi connectivity index (χ1n) is 6.64. The van der Waals surface area contributed by atoms with E-state index in [2.05, 4.69) is 31.2 Å². The van der Waals surface area contributed by atoms with Crippen LogP contribution in [0.5, 0.6) is 0 Å². The molecule has 0 heterocycles. The summed E-state index contributed by atoms with van der Waals surface area (Å²) in [5.74, 6) is -0.390. The summed E-state index contributed by atoms with van der Waals surface area (Å²) in [5, 5.41) is 8.91. The summed E-state index contributed by atoms with van der Waals surface area (Å²) in [7, 11) is 0. The smallest absolute Gasteiger partial charge is 0.328 e. The van der Waals surface area contributed by atoms with Crippen molar-refractivity contribution in [3.63, 3.8) is 0 Å². The minimum atomic E-state index is -0.805.